The molecule has 5 heteroatoms. The minimum Gasteiger partial charge on any atom is -0.361 e. The predicted octanol–water partition coefficient (Wildman–Crippen LogP) is 4.45. The average molecular weight is 384 g/mol. The zero-order valence-corrected chi connectivity index (χ0v) is 17.2. The number of nitrogens with zero attached hydrogens (tertiary/aromatic N) is 2. The second-order valence-corrected chi connectivity index (χ2v) is 8.20. The van der Waals surface area contributed by atoms with E-state index in [1.165, 1.54) is 38.5 Å². The molecule has 152 valence electrons. The number of carbonyl (C=O) groups is 2. The normalized spacial score (nSPS) is 15.4. The first-order valence-electron chi connectivity index (χ1n) is 10.6. The summed E-state index contributed by atoms with van der Waals surface area (Å²) in [5, 5.41) is 0.954. The molecule has 1 aromatic carbocycles. The fourth-order valence-corrected chi connectivity index (χ4v) is 4.22. The molecule has 5 nitrogen and oxygen atoms in total. The van der Waals surface area contributed by atoms with Crippen molar-refractivity contribution < 1.29 is 9.59 Å². The van der Waals surface area contributed by atoms with E-state index in [0.717, 1.165) is 22.9 Å². The average Bonchev–Trinajstić information content (AvgIpc) is 3.04. The zero-order valence-electron chi connectivity index (χ0n) is 17.2. The monoisotopic (exact) mass is 383 g/mol. The van der Waals surface area contributed by atoms with Crippen LogP contribution in [0, 0.1) is 5.92 Å². The molecule has 2 aromatic rings. The van der Waals surface area contributed by atoms with Gasteiger partial charge in [-0.2, -0.15) is 0 Å². The number of benzene rings is 1. The molecule has 0 saturated heterocycles. The van der Waals surface area contributed by atoms with Crippen LogP contribution in [0.25, 0.3) is 10.9 Å². The Kier molecular flexibility index (Phi) is 7.12. The van der Waals surface area contributed by atoms with E-state index in [1.54, 1.807) is 4.90 Å². The first-order chi connectivity index (χ1) is 13.6. The molecule has 0 aliphatic heterocycles. The first kappa shape index (κ1) is 20.4. The molecule has 1 aliphatic rings. The van der Waals surface area contributed by atoms with Crippen LogP contribution in [0.2, 0.25) is 0 Å². The third-order valence-corrected chi connectivity index (χ3v) is 6.02. The van der Waals surface area contributed by atoms with Crippen molar-refractivity contribution in [2.75, 3.05) is 27.2 Å². The molecule has 1 saturated carbocycles. The molecule has 0 unspecified atom stereocenters. The zero-order chi connectivity index (χ0) is 19.9. The van der Waals surface area contributed by atoms with E-state index >= 15 is 0 Å². The van der Waals surface area contributed by atoms with Gasteiger partial charge in [-0.15, -0.1) is 0 Å². The highest BCUT2D eigenvalue weighted by Crippen LogP contribution is 2.26. The van der Waals surface area contributed by atoms with Crippen molar-refractivity contribution in [3.8, 4) is 0 Å². The predicted molar refractivity (Wildman–Crippen MR) is 113 cm³/mol. The van der Waals surface area contributed by atoms with Crippen molar-refractivity contribution in [1.82, 2.24) is 14.8 Å². The molecule has 28 heavy (non-hydrogen) atoms. The molecule has 0 bridgehead atoms. The van der Waals surface area contributed by atoms with Crippen molar-refractivity contribution in [3.05, 3.63) is 36.0 Å². The number of carbonyl (C=O) groups excluding carboxylic acids is 2. The Labute approximate surface area is 168 Å². The van der Waals surface area contributed by atoms with Gasteiger partial charge in [0.25, 0.3) is 5.91 Å². The van der Waals surface area contributed by atoms with Crippen molar-refractivity contribution in [3.63, 3.8) is 0 Å². The van der Waals surface area contributed by atoms with Crippen molar-refractivity contribution in [2.24, 2.45) is 5.92 Å². The third-order valence-electron chi connectivity index (χ3n) is 6.02. The molecule has 1 N–H and O–H groups in total. The molecule has 1 heterocycles. The van der Waals surface area contributed by atoms with Gasteiger partial charge in [0.1, 0.15) is 0 Å². The molecule has 1 aromatic heterocycles. The molecule has 0 atom stereocenters. The summed E-state index contributed by atoms with van der Waals surface area (Å²) in [5.74, 6) is 0.833. The van der Waals surface area contributed by atoms with Crippen molar-refractivity contribution >= 4 is 22.7 Å². The highest BCUT2D eigenvalue weighted by atomic mass is 16.2. The second-order valence-electron chi connectivity index (χ2n) is 8.20. The lowest BCUT2D eigenvalue weighted by molar-refractivity contribution is -0.131. The summed E-state index contributed by atoms with van der Waals surface area (Å²) in [6.45, 7) is 1.33. The van der Waals surface area contributed by atoms with Crippen LogP contribution in [0.4, 0.5) is 0 Å². The molecule has 0 radical (unpaired) electrons. The maximum Gasteiger partial charge on any atom is 0.254 e. The van der Waals surface area contributed by atoms with Crippen LogP contribution in [-0.4, -0.2) is 53.8 Å². The number of rotatable bonds is 7. The number of aromatic amines is 1. The largest absolute Gasteiger partial charge is 0.361 e. The first-order valence-corrected chi connectivity index (χ1v) is 10.6. The highest BCUT2D eigenvalue weighted by Gasteiger charge is 2.19. The molecule has 0 spiro atoms. The molecule has 2 amide bonds. The third kappa shape index (κ3) is 5.15. The van der Waals surface area contributed by atoms with Crippen LogP contribution in [0.3, 0.4) is 0 Å². The van der Waals surface area contributed by atoms with Gasteiger partial charge in [0.05, 0.1) is 0 Å². The van der Waals surface area contributed by atoms with E-state index in [4.69, 9.17) is 0 Å². The summed E-state index contributed by atoms with van der Waals surface area (Å²) in [4.78, 5) is 32.1. The maximum atomic E-state index is 12.8. The van der Waals surface area contributed by atoms with Gasteiger partial charge in [0.2, 0.25) is 5.91 Å². The number of amides is 2. The summed E-state index contributed by atoms with van der Waals surface area (Å²) >= 11 is 0. The minimum atomic E-state index is 0.0256. The van der Waals surface area contributed by atoms with E-state index < -0.39 is 0 Å². The summed E-state index contributed by atoms with van der Waals surface area (Å²) in [6, 6.07) is 7.69. The number of nitrogens with one attached hydrogen (secondary N) is 1. The minimum absolute atomic E-state index is 0.0256. The lowest BCUT2D eigenvalue weighted by Gasteiger charge is -2.23. The lowest BCUT2D eigenvalue weighted by atomic mass is 9.96. The fourth-order valence-electron chi connectivity index (χ4n) is 4.22. The number of H-pyrrole nitrogens is 1. The van der Waals surface area contributed by atoms with Crippen LogP contribution >= 0.6 is 0 Å². The van der Waals surface area contributed by atoms with Crippen molar-refractivity contribution in [2.45, 2.75) is 51.4 Å². The molecule has 1 aliphatic carbocycles. The van der Waals surface area contributed by atoms with E-state index in [-0.39, 0.29) is 11.8 Å². The smallest absolute Gasteiger partial charge is 0.254 e. The van der Waals surface area contributed by atoms with Crippen LogP contribution < -0.4 is 0 Å². The Morgan fingerprint density at radius 1 is 1.00 bits per heavy atom. The number of hydrogen-bond donors (Lipinski definition) is 1. The fraction of sp³-hybridized carbons (Fsp3) is 0.565. The van der Waals surface area contributed by atoms with Gasteiger partial charge in [0, 0.05) is 56.3 Å². The van der Waals surface area contributed by atoms with Gasteiger partial charge >= 0.3 is 0 Å². The van der Waals surface area contributed by atoms with E-state index in [9.17, 15) is 9.59 Å². The van der Waals surface area contributed by atoms with Gasteiger partial charge in [-0.25, -0.2) is 0 Å². The Balaban J connectivity index is 1.45. The van der Waals surface area contributed by atoms with Gasteiger partial charge in [0.15, 0.2) is 0 Å². The molecule has 3 rings (SSSR count). The Morgan fingerprint density at radius 3 is 2.46 bits per heavy atom. The van der Waals surface area contributed by atoms with E-state index in [2.05, 4.69) is 4.98 Å². The Hall–Kier alpha value is -2.30. The topological polar surface area (TPSA) is 56.4 Å². The van der Waals surface area contributed by atoms with Crippen LogP contribution in [0.5, 0.6) is 0 Å². The van der Waals surface area contributed by atoms with Gasteiger partial charge < -0.3 is 14.8 Å². The Morgan fingerprint density at radius 2 is 1.71 bits per heavy atom. The van der Waals surface area contributed by atoms with E-state index in [1.807, 2.05) is 49.5 Å². The summed E-state index contributed by atoms with van der Waals surface area (Å²) in [6.07, 6.45) is 10.9. The maximum absolute atomic E-state index is 12.8. The number of fused-ring (bicyclic) bond motifs is 1. The van der Waals surface area contributed by atoms with Crippen molar-refractivity contribution in [1.29, 1.82) is 0 Å². The molecular formula is C23H33N3O2. The van der Waals surface area contributed by atoms with Gasteiger partial charge in [-0.3, -0.25) is 9.59 Å². The number of aromatic nitrogens is 1. The van der Waals surface area contributed by atoms with Crippen LogP contribution in [0.15, 0.2) is 30.5 Å². The Bertz CT molecular complexity index is 790. The van der Waals surface area contributed by atoms with Crippen LogP contribution in [-0.2, 0) is 4.79 Å². The number of hydrogen-bond acceptors (Lipinski definition) is 2. The second kappa shape index (κ2) is 9.76. The van der Waals surface area contributed by atoms with E-state index in [0.29, 0.717) is 25.4 Å². The standard InChI is InChI=1S/C23H33N3O2/c1-25(22(27)17-18-9-5-3-4-6-10-18)15-8-16-26(2)23(28)20-11-7-12-21-19(20)13-14-24-21/h7,11-14,18,24H,3-6,8-10,15-17H2,1-2H3. The summed E-state index contributed by atoms with van der Waals surface area (Å²) < 4.78 is 0. The quantitative estimate of drug-likeness (QED) is 0.718. The van der Waals surface area contributed by atoms with Crippen LogP contribution in [0.1, 0.15) is 61.7 Å². The molecular weight excluding hydrogens is 350 g/mol. The van der Waals surface area contributed by atoms with Gasteiger partial charge in [-0.05, 0) is 43.4 Å². The summed E-state index contributed by atoms with van der Waals surface area (Å²) in [5.41, 5.74) is 1.70. The SMILES string of the molecule is CN(CCCN(C)C(=O)c1cccc2[nH]ccc12)C(=O)CC1CCCCCC1. The molecule has 1 fully saturated rings. The summed E-state index contributed by atoms with van der Waals surface area (Å²) in [7, 11) is 3.72. The van der Waals surface area contributed by atoms with Gasteiger partial charge in [-0.1, -0.05) is 31.7 Å². The lowest BCUT2D eigenvalue weighted by Crippen LogP contribution is -2.33. The highest BCUT2D eigenvalue weighted by molar-refractivity contribution is 6.06.